The molecule has 2 N–H and O–H groups in total. The molecular weight excluding hydrogens is 408 g/mol. The molecule has 12 heteroatoms. The third-order valence-corrected chi connectivity index (χ3v) is 5.28. The zero-order chi connectivity index (χ0) is 21.7. The number of nitrogens with two attached hydrogens (primary N) is 1. The second kappa shape index (κ2) is 9.43. The van der Waals surface area contributed by atoms with Crippen LogP contribution in [0.2, 0.25) is 0 Å². The Morgan fingerprint density at radius 1 is 1.37 bits per heavy atom. The topological polar surface area (TPSA) is 164 Å². The third kappa shape index (κ3) is 4.62. The standard InChI is InChI=1S/C18H20N8O3S/c1-11(2)16-12(7-19)17(21)23-18(13(16)8-20)30-10-14(27)22-15-9-26(24-29-15)25-3-5-28-6-4-25/h9,11H,3-6,10H2,1-2H3,(H2-,21,22,23,24,27). The number of hydrogen-bond donors (Lipinski definition) is 1. The molecule has 1 aliphatic heterocycles. The van der Waals surface area contributed by atoms with Crippen molar-refractivity contribution in [2.75, 3.05) is 42.8 Å². The van der Waals surface area contributed by atoms with E-state index >= 15 is 0 Å². The van der Waals surface area contributed by atoms with Crippen molar-refractivity contribution in [3.8, 4) is 12.1 Å². The fourth-order valence-electron chi connectivity index (χ4n) is 2.96. The maximum atomic E-state index is 12.3. The number of nitriles is 2. The molecular formula is C18H20N8O3S. The lowest BCUT2D eigenvalue weighted by Gasteiger charge is -2.18. The molecule has 156 valence electrons. The minimum absolute atomic E-state index is 0.0360. The average Bonchev–Trinajstić information content (AvgIpc) is 3.20. The summed E-state index contributed by atoms with van der Waals surface area (Å²) in [4.78, 5) is 9.54. The maximum Gasteiger partial charge on any atom is 0.324 e. The molecule has 0 saturated carbocycles. The van der Waals surface area contributed by atoms with Crippen LogP contribution in [0.25, 0.3) is 0 Å². The third-order valence-electron chi connectivity index (χ3n) is 4.32. The van der Waals surface area contributed by atoms with Gasteiger partial charge in [0, 0.05) is 5.75 Å². The van der Waals surface area contributed by atoms with Gasteiger partial charge in [-0.2, -0.15) is 10.5 Å². The average molecular weight is 428 g/mol. The Kier molecular flexibility index (Phi) is 6.72. The van der Waals surface area contributed by atoms with Gasteiger partial charge in [-0.15, -0.1) is 5.01 Å². The highest BCUT2D eigenvalue weighted by atomic mass is 32.2. The number of nitrogens with zero attached hydrogens (tertiary/aromatic N) is 7. The fourth-order valence-corrected chi connectivity index (χ4v) is 3.75. The first kappa shape index (κ1) is 21.4. The van der Waals surface area contributed by atoms with Gasteiger partial charge in [-0.05, 0) is 17.4 Å². The summed E-state index contributed by atoms with van der Waals surface area (Å²) in [6, 6.07) is 4.09. The lowest BCUT2D eigenvalue weighted by atomic mass is 9.94. The van der Waals surface area contributed by atoms with Gasteiger partial charge in [0.2, 0.25) is 5.27 Å². The number of hydrogen-bond acceptors (Lipinski definition) is 11. The van der Waals surface area contributed by atoms with Crippen molar-refractivity contribution in [1.82, 2.24) is 10.3 Å². The predicted molar refractivity (Wildman–Crippen MR) is 105 cm³/mol. The summed E-state index contributed by atoms with van der Waals surface area (Å²) in [6.45, 7) is 6.20. The molecule has 0 amide bonds. The van der Waals surface area contributed by atoms with Crippen molar-refractivity contribution < 1.29 is 19.2 Å². The molecule has 0 aromatic carbocycles. The highest BCUT2D eigenvalue weighted by Gasteiger charge is 2.23. The number of anilines is 1. The second-order valence-electron chi connectivity index (χ2n) is 6.67. The van der Waals surface area contributed by atoms with Crippen molar-refractivity contribution in [3.05, 3.63) is 22.9 Å². The van der Waals surface area contributed by atoms with Crippen LogP contribution in [0.4, 0.5) is 11.7 Å². The van der Waals surface area contributed by atoms with Crippen molar-refractivity contribution in [3.63, 3.8) is 0 Å². The van der Waals surface area contributed by atoms with Crippen LogP contribution < -0.4 is 20.6 Å². The van der Waals surface area contributed by atoms with Gasteiger partial charge in [0.15, 0.2) is 0 Å². The Bertz CT molecular complexity index is 1030. The van der Waals surface area contributed by atoms with E-state index in [9.17, 15) is 15.6 Å². The van der Waals surface area contributed by atoms with E-state index in [0.717, 1.165) is 11.8 Å². The SMILES string of the molecule is CC(C)c1c(C#N)c(N)nc(SC/C([O-])=N\c2c[n+](N3CCOCC3)no2)c1C#N. The van der Waals surface area contributed by atoms with Gasteiger partial charge in [-0.3, -0.25) is 4.52 Å². The highest BCUT2D eigenvalue weighted by Crippen LogP contribution is 2.32. The number of pyridine rings is 1. The van der Waals surface area contributed by atoms with E-state index < -0.39 is 5.90 Å². The van der Waals surface area contributed by atoms with E-state index in [2.05, 4.69) is 21.3 Å². The molecule has 1 fully saturated rings. The summed E-state index contributed by atoms with van der Waals surface area (Å²) in [5.41, 5.74) is 6.86. The van der Waals surface area contributed by atoms with Crippen LogP contribution in [0.1, 0.15) is 36.5 Å². The number of aliphatic imine (C=N–C) groups is 1. The summed E-state index contributed by atoms with van der Waals surface area (Å²) in [7, 11) is 0. The fraction of sp³-hybridized carbons (Fsp3) is 0.444. The zero-order valence-electron chi connectivity index (χ0n) is 16.5. The Morgan fingerprint density at radius 2 is 2.07 bits per heavy atom. The molecule has 2 aromatic heterocycles. The smallest absolute Gasteiger partial charge is 0.324 e. The largest absolute Gasteiger partial charge is 0.861 e. The molecule has 30 heavy (non-hydrogen) atoms. The zero-order valence-corrected chi connectivity index (χ0v) is 17.3. The van der Waals surface area contributed by atoms with Gasteiger partial charge < -0.3 is 15.6 Å². The van der Waals surface area contributed by atoms with Crippen molar-refractivity contribution in [2.45, 2.75) is 24.8 Å². The van der Waals surface area contributed by atoms with Gasteiger partial charge in [-0.25, -0.2) is 9.98 Å². The van der Waals surface area contributed by atoms with Crippen LogP contribution in [0.15, 0.2) is 20.7 Å². The molecule has 3 heterocycles. The lowest BCUT2D eigenvalue weighted by Crippen LogP contribution is -2.62. The Hall–Kier alpha value is -3.35. The van der Waals surface area contributed by atoms with Gasteiger partial charge in [-0.1, -0.05) is 25.6 Å². The monoisotopic (exact) mass is 428 g/mol. The number of aromatic nitrogens is 3. The predicted octanol–water partition coefficient (Wildman–Crippen LogP) is -0.0431. The van der Waals surface area contributed by atoms with E-state index in [4.69, 9.17) is 15.0 Å². The van der Waals surface area contributed by atoms with Crippen LogP contribution in [0, 0.1) is 22.7 Å². The maximum absolute atomic E-state index is 12.3. The quantitative estimate of drug-likeness (QED) is 0.285. The summed E-state index contributed by atoms with van der Waals surface area (Å²) in [5, 5.41) is 37.3. The summed E-state index contributed by atoms with van der Waals surface area (Å²) in [5.74, 6) is -0.561. The van der Waals surface area contributed by atoms with E-state index in [1.165, 1.54) is 11.0 Å². The van der Waals surface area contributed by atoms with Crippen LogP contribution in [0.3, 0.4) is 0 Å². The number of morpholine rings is 1. The normalized spacial score (nSPS) is 14.6. The molecule has 0 aliphatic carbocycles. The van der Waals surface area contributed by atoms with Gasteiger partial charge in [0.05, 0.1) is 42.2 Å². The van der Waals surface area contributed by atoms with Crippen LogP contribution >= 0.6 is 11.8 Å². The van der Waals surface area contributed by atoms with Crippen LogP contribution in [-0.2, 0) is 4.74 Å². The lowest BCUT2D eigenvalue weighted by molar-refractivity contribution is -0.759. The molecule has 0 atom stereocenters. The molecule has 1 saturated heterocycles. The summed E-state index contributed by atoms with van der Waals surface area (Å²) in [6.07, 6.45) is 1.52. The first-order chi connectivity index (χ1) is 14.4. The number of thioether (sulfide) groups is 1. The van der Waals surface area contributed by atoms with Gasteiger partial charge in [0.1, 0.15) is 23.0 Å². The molecule has 0 unspecified atom stereocenters. The summed E-state index contributed by atoms with van der Waals surface area (Å²) >= 11 is 1.04. The minimum atomic E-state index is -0.481. The molecule has 1 aliphatic rings. The van der Waals surface area contributed by atoms with Gasteiger partial charge >= 0.3 is 5.88 Å². The van der Waals surface area contributed by atoms with E-state index in [-0.39, 0.29) is 34.5 Å². The van der Waals surface area contributed by atoms with Crippen molar-refractivity contribution >= 4 is 29.4 Å². The minimum Gasteiger partial charge on any atom is -0.861 e. The molecule has 0 bridgehead atoms. The van der Waals surface area contributed by atoms with Crippen LogP contribution in [0.5, 0.6) is 0 Å². The van der Waals surface area contributed by atoms with Crippen LogP contribution in [-0.4, -0.2) is 48.2 Å². The van der Waals surface area contributed by atoms with Crippen molar-refractivity contribution in [2.24, 2.45) is 4.99 Å². The van der Waals surface area contributed by atoms with Gasteiger partial charge in [0.25, 0.3) is 6.20 Å². The second-order valence-corrected chi connectivity index (χ2v) is 7.63. The van der Waals surface area contributed by atoms with E-state index in [1.807, 2.05) is 24.9 Å². The molecule has 2 aromatic rings. The number of nitrogen functional groups attached to an aromatic ring is 1. The Balaban J connectivity index is 1.76. The van der Waals surface area contributed by atoms with E-state index in [1.54, 1.807) is 0 Å². The molecule has 3 rings (SSSR count). The highest BCUT2D eigenvalue weighted by molar-refractivity contribution is 7.99. The molecule has 0 spiro atoms. The Morgan fingerprint density at radius 3 is 2.70 bits per heavy atom. The first-order valence-corrected chi connectivity index (χ1v) is 10.2. The molecule has 0 radical (unpaired) electrons. The number of ether oxygens (including phenoxy) is 1. The van der Waals surface area contributed by atoms with E-state index in [0.29, 0.717) is 36.9 Å². The molecule has 11 nitrogen and oxygen atoms in total. The first-order valence-electron chi connectivity index (χ1n) is 9.17. The summed E-state index contributed by atoms with van der Waals surface area (Å²) < 4.78 is 10.4. The number of rotatable bonds is 6. The van der Waals surface area contributed by atoms with Crippen molar-refractivity contribution in [1.29, 1.82) is 10.5 Å². The Labute approximate surface area is 177 Å².